The molecule has 0 aromatic carbocycles. The van der Waals surface area contributed by atoms with E-state index < -0.39 is 0 Å². The summed E-state index contributed by atoms with van der Waals surface area (Å²) in [5.74, 6) is 0. The summed E-state index contributed by atoms with van der Waals surface area (Å²) >= 11 is 0. The van der Waals surface area contributed by atoms with Gasteiger partial charge in [0.1, 0.15) is 0 Å². The van der Waals surface area contributed by atoms with E-state index in [9.17, 15) is 5.11 Å². The normalized spacial score (nSPS) is 13.8. The predicted octanol–water partition coefficient (Wildman–Crippen LogP) is 3.10. The van der Waals surface area contributed by atoms with Crippen molar-refractivity contribution in [3.05, 3.63) is 42.7 Å². The van der Waals surface area contributed by atoms with E-state index in [-0.39, 0.29) is 6.10 Å². The van der Waals surface area contributed by atoms with Crippen LogP contribution in [0.3, 0.4) is 0 Å². The first-order valence-electron chi connectivity index (χ1n) is 10.1. The van der Waals surface area contributed by atoms with Gasteiger partial charge in [0.05, 0.1) is 47.6 Å². The van der Waals surface area contributed by atoms with Gasteiger partial charge in [0.2, 0.25) is 0 Å². The molecule has 8 heteroatoms. The van der Waals surface area contributed by atoms with Crippen molar-refractivity contribution in [3.63, 3.8) is 0 Å². The highest BCUT2D eigenvalue weighted by Crippen LogP contribution is 2.26. The van der Waals surface area contributed by atoms with Crippen molar-refractivity contribution in [2.24, 2.45) is 10.7 Å². The molecule has 3 N–H and O–H groups in total. The van der Waals surface area contributed by atoms with Crippen LogP contribution in [0.2, 0.25) is 0 Å². The molecule has 0 amide bonds. The molecule has 0 aliphatic rings. The number of hydrogen-bond acceptors (Lipinski definition) is 6. The van der Waals surface area contributed by atoms with Gasteiger partial charge in [-0.3, -0.25) is 9.67 Å². The average molecular weight is 396 g/mol. The van der Waals surface area contributed by atoms with E-state index in [1.807, 2.05) is 29.3 Å². The predicted molar refractivity (Wildman–Crippen MR) is 116 cm³/mol. The second-order valence-electron chi connectivity index (χ2n) is 7.11. The highest BCUT2D eigenvalue weighted by Gasteiger charge is 2.15. The number of aliphatic hydroxyl groups excluding tert-OH is 1. The number of rotatable bonds is 9. The second-order valence-corrected chi connectivity index (χ2v) is 7.11. The van der Waals surface area contributed by atoms with Gasteiger partial charge in [-0.1, -0.05) is 13.8 Å². The first-order chi connectivity index (χ1) is 14.1. The van der Waals surface area contributed by atoms with E-state index in [0.717, 1.165) is 29.6 Å². The second kappa shape index (κ2) is 9.47. The Kier molecular flexibility index (Phi) is 6.77. The fraction of sp³-hybridized carbons (Fsp3) is 0.429. The lowest BCUT2D eigenvalue weighted by atomic mass is 10.1. The Bertz CT molecular complexity index is 996. The Morgan fingerprint density at radius 1 is 1.28 bits per heavy atom. The van der Waals surface area contributed by atoms with Gasteiger partial charge >= 0.3 is 0 Å². The smallest absolute Gasteiger partial charge is 0.0999 e. The molecule has 0 saturated carbocycles. The summed E-state index contributed by atoms with van der Waals surface area (Å²) in [7, 11) is 0. The zero-order valence-corrected chi connectivity index (χ0v) is 17.2. The molecule has 154 valence electrons. The monoisotopic (exact) mass is 395 g/mol. The van der Waals surface area contributed by atoms with Gasteiger partial charge < -0.3 is 10.8 Å². The van der Waals surface area contributed by atoms with Crippen LogP contribution in [0.25, 0.3) is 22.3 Å². The number of fused-ring (bicyclic) bond motifs is 1. The molecule has 0 aliphatic heterocycles. The number of hydrogen-bond donors (Lipinski definition) is 2. The fourth-order valence-corrected chi connectivity index (χ4v) is 3.22. The number of nitrogens with two attached hydrogens (primary N) is 1. The van der Waals surface area contributed by atoms with Crippen LogP contribution in [0.4, 0.5) is 0 Å². The van der Waals surface area contributed by atoms with Crippen LogP contribution in [0.1, 0.15) is 51.8 Å². The first-order valence-corrected chi connectivity index (χ1v) is 10.1. The topological polar surface area (TPSA) is 107 Å². The third-order valence-electron chi connectivity index (χ3n) is 4.96. The molecule has 0 bridgehead atoms. The van der Waals surface area contributed by atoms with Gasteiger partial charge in [0.25, 0.3) is 0 Å². The number of allylic oxidation sites excluding steroid dienone is 1. The van der Waals surface area contributed by atoms with Crippen LogP contribution < -0.4 is 5.73 Å². The van der Waals surface area contributed by atoms with Crippen LogP contribution in [0, 0.1) is 0 Å². The third-order valence-corrected chi connectivity index (χ3v) is 4.96. The van der Waals surface area contributed by atoms with E-state index in [1.54, 1.807) is 23.9 Å². The molecule has 3 aromatic rings. The molecular formula is C21H29N7O. The summed E-state index contributed by atoms with van der Waals surface area (Å²) in [5.41, 5.74) is 9.86. The molecule has 29 heavy (non-hydrogen) atoms. The zero-order chi connectivity index (χ0) is 20.8. The van der Waals surface area contributed by atoms with Crippen molar-refractivity contribution < 1.29 is 5.11 Å². The standard InChI is InChI=1S/C21H29N7O/c1-4-18(5-2)27-13-17(12-25-27)21-20-7-9-24-28(20)14-19(26-21)16(10-22)11-23-8-6-15(3)29/h7,9-15,18,29H,4-6,8,22H2,1-3H3. The van der Waals surface area contributed by atoms with Crippen molar-refractivity contribution in [3.8, 4) is 11.3 Å². The SMILES string of the molecule is CCC(CC)n1cc(-c2nc(C(C=NCCC(C)O)=CN)cn3nccc23)cn1. The van der Waals surface area contributed by atoms with Crippen molar-refractivity contribution in [2.45, 2.75) is 52.2 Å². The molecule has 1 atom stereocenters. The Morgan fingerprint density at radius 3 is 2.76 bits per heavy atom. The van der Waals surface area contributed by atoms with E-state index in [2.05, 4.69) is 29.0 Å². The Balaban J connectivity index is 1.98. The van der Waals surface area contributed by atoms with Gasteiger partial charge in [0.15, 0.2) is 0 Å². The number of aliphatic hydroxyl groups is 1. The molecule has 8 nitrogen and oxygen atoms in total. The molecular weight excluding hydrogens is 366 g/mol. The highest BCUT2D eigenvalue weighted by molar-refractivity contribution is 6.09. The Labute approximate surface area is 170 Å². The van der Waals surface area contributed by atoms with E-state index in [1.165, 1.54) is 6.20 Å². The van der Waals surface area contributed by atoms with Gasteiger partial charge in [-0.05, 0) is 32.3 Å². The van der Waals surface area contributed by atoms with Crippen molar-refractivity contribution in [1.82, 2.24) is 24.4 Å². The summed E-state index contributed by atoms with van der Waals surface area (Å²) in [6.45, 7) is 6.60. The van der Waals surface area contributed by atoms with E-state index in [4.69, 9.17) is 10.7 Å². The van der Waals surface area contributed by atoms with Crippen molar-refractivity contribution >= 4 is 17.3 Å². The van der Waals surface area contributed by atoms with Gasteiger partial charge in [-0.15, -0.1) is 0 Å². The number of aliphatic imine (C=N–C) groups is 1. The number of aromatic nitrogens is 5. The van der Waals surface area contributed by atoms with Crippen LogP contribution in [-0.2, 0) is 0 Å². The van der Waals surface area contributed by atoms with Crippen LogP contribution in [-0.4, -0.2) is 48.3 Å². The van der Waals surface area contributed by atoms with Gasteiger partial charge in [-0.2, -0.15) is 10.2 Å². The maximum atomic E-state index is 9.38. The molecule has 3 heterocycles. The summed E-state index contributed by atoms with van der Waals surface area (Å²) in [6, 6.07) is 2.30. The van der Waals surface area contributed by atoms with Crippen LogP contribution in [0.15, 0.2) is 42.0 Å². The zero-order valence-electron chi connectivity index (χ0n) is 17.2. The van der Waals surface area contributed by atoms with Crippen LogP contribution >= 0.6 is 0 Å². The lowest BCUT2D eigenvalue weighted by molar-refractivity contribution is 0.187. The molecule has 0 fully saturated rings. The molecule has 1 unspecified atom stereocenters. The van der Waals surface area contributed by atoms with E-state index in [0.29, 0.717) is 30.3 Å². The number of nitrogens with zero attached hydrogens (tertiary/aromatic N) is 6. The van der Waals surface area contributed by atoms with Gasteiger partial charge in [-0.25, -0.2) is 9.50 Å². The molecule has 3 rings (SSSR count). The molecule has 0 aliphatic carbocycles. The minimum absolute atomic E-state index is 0.369. The minimum atomic E-state index is -0.380. The van der Waals surface area contributed by atoms with Crippen LogP contribution in [0.5, 0.6) is 0 Å². The summed E-state index contributed by atoms with van der Waals surface area (Å²) in [5, 5.41) is 18.3. The van der Waals surface area contributed by atoms with Crippen molar-refractivity contribution in [2.75, 3.05) is 6.54 Å². The maximum absolute atomic E-state index is 9.38. The fourth-order valence-electron chi connectivity index (χ4n) is 3.22. The third kappa shape index (κ3) is 4.71. The highest BCUT2D eigenvalue weighted by atomic mass is 16.3. The van der Waals surface area contributed by atoms with E-state index >= 15 is 0 Å². The summed E-state index contributed by atoms with van der Waals surface area (Å²) in [6.07, 6.45) is 12.9. The Hall–Kier alpha value is -3.00. The quantitative estimate of drug-likeness (QED) is 0.542. The first kappa shape index (κ1) is 20.7. The lowest BCUT2D eigenvalue weighted by Crippen LogP contribution is -2.06. The van der Waals surface area contributed by atoms with Crippen molar-refractivity contribution in [1.29, 1.82) is 0 Å². The minimum Gasteiger partial charge on any atom is -0.404 e. The molecule has 0 spiro atoms. The largest absolute Gasteiger partial charge is 0.404 e. The molecule has 0 radical (unpaired) electrons. The average Bonchev–Trinajstić information content (AvgIpc) is 3.38. The summed E-state index contributed by atoms with van der Waals surface area (Å²) < 4.78 is 3.80. The maximum Gasteiger partial charge on any atom is 0.0999 e. The lowest BCUT2D eigenvalue weighted by Gasteiger charge is -2.12. The van der Waals surface area contributed by atoms with Gasteiger partial charge in [0, 0.05) is 36.3 Å². The molecule has 3 aromatic heterocycles. The Morgan fingerprint density at radius 2 is 2.07 bits per heavy atom. The molecule has 0 saturated heterocycles. The summed E-state index contributed by atoms with van der Waals surface area (Å²) in [4.78, 5) is 9.21.